The topological polar surface area (TPSA) is 20.3 Å². The van der Waals surface area contributed by atoms with Crippen molar-refractivity contribution in [2.24, 2.45) is 0 Å². The van der Waals surface area contributed by atoms with Gasteiger partial charge in [0, 0.05) is 23.2 Å². The summed E-state index contributed by atoms with van der Waals surface area (Å²) in [6.07, 6.45) is 0. The van der Waals surface area contributed by atoms with E-state index in [0.717, 1.165) is 17.6 Å². The molecule has 0 bridgehead atoms. The third-order valence-corrected chi connectivity index (χ3v) is 3.47. The van der Waals surface area contributed by atoms with E-state index in [9.17, 15) is 4.79 Å². The highest BCUT2D eigenvalue weighted by atomic mass is 79.9. The van der Waals surface area contributed by atoms with Gasteiger partial charge in [-0.25, -0.2) is 0 Å². The molecular formula is C12H14BrNO. The monoisotopic (exact) mass is 267 g/mol. The Labute approximate surface area is 98.4 Å². The molecule has 0 spiro atoms. The molecule has 0 amide bonds. The molecule has 1 aromatic carbocycles. The maximum atomic E-state index is 11.5. The molecule has 0 fully saturated rings. The zero-order valence-electron chi connectivity index (χ0n) is 8.96. The van der Waals surface area contributed by atoms with Crippen LogP contribution in [0.1, 0.15) is 25.3 Å². The minimum absolute atomic E-state index is 0.0532. The molecule has 1 aliphatic rings. The number of benzene rings is 1. The first-order valence-corrected chi connectivity index (χ1v) is 5.97. The van der Waals surface area contributed by atoms with E-state index in [2.05, 4.69) is 39.9 Å². The second-order valence-corrected chi connectivity index (χ2v) is 4.82. The fraction of sp³-hybridized carbons (Fsp3) is 0.417. The Morgan fingerprint density at radius 2 is 2.33 bits per heavy atom. The lowest BCUT2D eigenvalue weighted by molar-refractivity contribution is -0.118. The van der Waals surface area contributed by atoms with Gasteiger partial charge in [-0.3, -0.25) is 4.79 Å². The van der Waals surface area contributed by atoms with Crippen LogP contribution < -0.4 is 4.90 Å². The van der Waals surface area contributed by atoms with Crippen LogP contribution in [0.25, 0.3) is 0 Å². The molecule has 1 aliphatic heterocycles. The zero-order valence-corrected chi connectivity index (χ0v) is 10.5. The number of halogens is 1. The van der Waals surface area contributed by atoms with Crippen molar-refractivity contribution >= 4 is 27.4 Å². The molecule has 0 radical (unpaired) electrons. The van der Waals surface area contributed by atoms with Gasteiger partial charge in [0.25, 0.3) is 0 Å². The van der Waals surface area contributed by atoms with E-state index in [-0.39, 0.29) is 11.7 Å². The Balaban J connectivity index is 2.47. The van der Waals surface area contributed by atoms with Crippen LogP contribution in [-0.2, 0) is 4.79 Å². The molecule has 0 aromatic heterocycles. The third-order valence-electron chi connectivity index (χ3n) is 2.98. The first-order chi connectivity index (χ1) is 7.13. The maximum absolute atomic E-state index is 11.5. The largest absolute Gasteiger partial charge is 0.371 e. The average Bonchev–Trinajstić information content (AvgIpc) is 2.55. The summed E-state index contributed by atoms with van der Waals surface area (Å²) in [6.45, 7) is 5.58. The Kier molecular flexibility index (Phi) is 2.83. The molecule has 2 nitrogen and oxygen atoms in total. The van der Waals surface area contributed by atoms with Crippen LogP contribution in [-0.4, -0.2) is 18.9 Å². The van der Waals surface area contributed by atoms with Gasteiger partial charge in [0.15, 0.2) is 0 Å². The second kappa shape index (κ2) is 3.97. The highest BCUT2D eigenvalue weighted by Gasteiger charge is 2.30. The molecule has 0 N–H and O–H groups in total. The highest BCUT2D eigenvalue weighted by Crippen LogP contribution is 2.38. The summed E-state index contributed by atoms with van der Waals surface area (Å²) in [5.41, 5.74) is 2.37. The highest BCUT2D eigenvalue weighted by molar-refractivity contribution is 9.10. The van der Waals surface area contributed by atoms with Crippen molar-refractivity contribution < 1.29 is 4.79 Å². The molecular weight excluding hydrogens is 254 g/mol. The van der Waals surface area contributed by atoms with Crippen molar-refractivity contribution in [2.45, 2.75) is 19.8 Å². The molecule has 0 saturated carbocycles. The van der Waals surface area contributed by atoms with Gasteiger partial charge in [0.05, 0.1) is 5.92 Å². The number of carbonyl (C=O) groups is 1. The number of anilines is 1. The Bertz CT molecular complexity index is 403. The van der Waals surface area contributed by atoms with Crippen LogP contribution in [0.2, 0.25) is 0 Å². The van der Waals surface area contributed by atoms with Crippen LogP contribution in [0.15, 0.2) is 22.7 Å². The van der Waals surface area contributed by atoms with E-state index in [1.165, 1.54) is 11.3 Å². The maximum Gasteiger partial charge on any atom is 0.139 e. The minimum Gasteiger partial charge on any atom is -0.371 e. The van der Waals surface area contributed by atoms with E-state index in [1.54, 1.807) is 6.92 Å². The molecule has 0 aliphatic carbocycles. The van der Waals surface area contributed by atoms with Crippen LogP contribution in [0.5, 0.6) is 0 Å². The summed E-state index contributed by atoms with van der Waals surface area (Å²) in [4.78, 5) is 13.8. The number of hydrogen-bond acceptors (Lipinski definition) is 2. The standard InChI is InChI=1S/C12H14BrNO/c1-3-14-7-11(8(2)15)10-6-9(13)4-5-12(10)14/h4-6,11H,3,7H2,1-2H3. The molecule has 1 atom stereocenters. The van der Waals surface area contributed by atoms with Gasteiger partial charge in [-0.15, -0.1) is 0 Å². The van der Waals surface area contributed by atoms with Crippen LogP contribution in [0, 0.1) is 0 Å². The summed E-state index contributed by atoms with van der Waals surface area (Å²) in [6, 6.07) is 6.19. The second-order valence-electron chi connectivity index (χ2n) is 3.91. The van der Waals surface area contributed by atoms with E-state index in [4.69, 9.17) is 0 Å². The van der Waals surface area contributed by atoms with Crippen molar-refractivity contribution in [3.05, 3.63) is 28.2 Å². The number of rotatable bonds is 2. The van der Waals surface area contributed by atoms with Gasteiger partial charge >= 0.3 is 0 Å². The smallest absolute Gasteiger partial charge is 0.139 e. The lowest BCUT2D eigenvalue weighted by Crippen LogP contribution is -2.23. The quantitative estimate of drug-likeness (QED) is 0.821. The van der Waals surface area contributed by atoms with E-state index < -0.39 is 0 Å². The number of ketones is 1. The van der Waals surface area contributed by atoms with Crippen LogP contribution in [0.3, 0.4) is 0 Å². The fourth-order valence-corrected chi connectivity index (χ4v) is 2.54. The molecule has 2 rings (SSSR count). The van der Waals surface area contributed by atoms with Gasteiger partial charge in [0.1, 0.15) is 5.78 Å². The lowest BCUT2D eigenvalue weighted by atomic mass is 9.98. The minimum atomic E-state index is 0.0532. The number of likely N-dealkylation sites (N-methyl/N-ethyl adjacent to an activating group) is 1. The van der Waals surface area contributed by atoms with E-state index in [1.807, 2.05) is 6.07 Å². The number of Topliss-reactive ketones (excluding diaryl/α,β-unsaturated/α-hetero) is 1. The van der Waals surface area contributed by atoms with Gasteiger partial charge in [-0.2, -0.15) is 0 Å². The normalized spacial score (nSPS) is 19.1. The van der Waals surface area contributed by atoms with Crippen molar-refractivity contribution in [3.8, 4) is 0 Å². The van der Waals surface area contributed by atoms with Gasteiger partial charge in [0.2, 0.25) is 0 Å². The predicted molar refractivity (Wildman–Crippen MR) is 65.5 cm³/mol. The fourth-order valence-electron chi connectivity index (χ4n) is 2.16. The average molecular weight is 268 g/mol. The van der Waals surface area contributed by atoms with Crippen molar-refractivity contribution in [1.82, 2.24) is 0 Å². The van der Waals surface area contributed by atoms with Crippen molar-refractivity contribution in [1.29, 1.82) is 0 Å². The summed E-state index contributed by atoms with van der Waals surface area (Å²) in [5, 5.41) is 0. The summed E-state index contributed by atoms with van der Waals surface area (Å²) in [5.74, 6) is 0.308. The van der Waals surface area contributed by atoms with Gasteiger partial charge in [-0.1, -0.05) is 15.9 Å². The summed E-state index contributed by atoms with van der Waals surface area (Å²) >= 11 is 3.45. The van der Waals surface area contributed by atoms with Crippen LogP contribution >= 0.6 is 15.9 Å². The number of hydrogen-bond donors (Lipinski definition) is 0. The first kappa shape index (κ1) is 10.7. The zero-order chi connectivity index (χ0) is 11.0. The predicted octanol–water partition coefficient (Wildman–Crippen LogP) is 2.96. The van der Waals surface area contributed by atoms with Crippen molar-refractivity contribution in [2.75, 3.05) is 18.0 Å². The van der Waals surface area contributed by atoms with Crippen LogP contribution in [0.4, 0.5) is 5.69 Å². The molecule has 1 heterocycles. The SMILES string of the molecule is CCN1CC(C(C)=O)c2cc(Br)ccc21. The Morgan fingerprint density at radius 3 is 2.93 bits per heavy atom. The van der Waals surface area contributed by atoms with E-state index in [0.29, 0.717) is 0 Å². The molecule has 15 heavy (non-hydrogen) atoms. The number of nitrogens with zero attached hydrogens (tertiary/aromatic N) is 1. The lowest BCUT2D eigenvalue weighted by Gasteiger charge is -2.16. The molecule has 0 saturated heterocycles. The van der Waals surface area contributed by atoms with Crippen molar-refractivity contribution in [3.63, 3.8) is 0 Å². The van der Waals surface area contributed by atoms with Gasteiger partial charge < -0.3 is 4.90 Å². The third kappa shape index (κ3) is 1.81. The number of fused-ring (bicyclic) bond motifs is 1. The summed E-state index contributed by atoms with van der Waals surface area (Å²) < 4.78 is 1.05. The number of carbonyl (C=O) groups excluding carboxylic acids is 1. The molecule has 80 valence electrons. The Morgan fingerprint density at radius 1 is 1.60 bits per heavy atom. The van der Waals surface area contributed by atoms with Gasteiger partial charge in [-0.05, 0) is 37.6 Å². The summed E-state index contributed by atoms with van der Waals surface area (Å²) in [7, 11) is 0. The molecule has 1 unspecified atom stereocenters. The van der Waals surface area contributed by atoms with E-state index >= 15 is 0 Å². The molecule has 1 aromatic rings. The Hall–Kier alpha value is -0.830. The first-order valence-electron chi connectivity index (χ1n) is 5.18. The molecule has 3 heteroatoms.